The fraction of sp³-hybridized carbons (Fsp3) is 0.533. The maximum atomic E-state index is 5.70. The van der Waals surface area contributed by atoms with Gasteiger partial charge < -0.3 is 19.1 Å². The first-order valence-electron chi connectivity index (χ1n) is 6.76. The minimum absolute atomic E-state index is 0.224. The van der Waals surface area contributed by atoms with E-state index in [9.17, 15) is 0 Å². The molecule has 1 atom stereocenters. The molecule has 0 fully saturated rings. The van der Waals surface area contributed by atoms with Crippen LogP contribution in [-0.2, 0) is 4.74 Å². The summed E-state index contributed by atoms with van der Waals surface area (Å²) in [6.07, 6.45) is 1.21. The van der Waals surface area contributed by atoms with E-state index in [0.717, 1.165) is 17.9 Å². The molecule has 0 bridgehead atoms. The summed E-state index contributed by atoms with van der Waals surface area (Å²) >= 11 is 5.01. The average Bonchev–Trinajstić information content (AvgIpc) is 2.44. The Morgan fingerprint density at radius 1 is 1.15 bits per heavy atom. The third kappa shape index (κ3) is 6.10. The fourth-order valence-electron chi connectivity index (χ4n) is 1.35. The van der Waals surface area contributed by atoms with Crippen molar-refractivity contribution >= 4 is 17.4 Å². The van der Waals surface area contributed by atoms with Gasteiger partial charge in [0.15, 0.2) is 0 Å². The summed E-state index contributed by atoms with van der Waals surface area (Å²) in [6, 6.07) is 7.60. The summed E-state index contributed by atoms with van der Waals surface area (Å²) in [5.74, 6) is 1.65. The average molecular weight is 297 g/mol. The SMILES string of the molecule is CCC(C)Oc1ccc(OCCOC(=S)N(C)C)cc1. The van der Waals surface area contributed by atoms with Crippen molar-refractivity contribution in [1.82, 2.24) is 4.90 Å². The maximum Gasteiger partial charge on any atom is 0.258 e. The number of thiocarbonyl (C=S) groups is 1. The minimum Gasteiger partial charge on any atom is -0.491 e. The normalized spacial score (nSPS) is 11.6. The van der Waals surface area contributed by atoms with Crippen molar-refractivity contribution in [3.63, 3.8) is 0 Å². The van der Waals surface area contributed by atoms with Gasteiger partial charge in [-0.3, -0.25) is 0 Å². The van der Waals surface area contributed by atoms with Crippen LogP contribution in [-0.4, -0.2) is 43.5 Å². The molecule has 1 unspecified atom stereocenters. The van der Waals surface area contributed by atoms with Crippen molar-refractivity contribution in [2.45, 2.75) is 26.4 Å². The molecule has 1 aromatic carbocycles. The zero-order chi connectivity index (χ0) is 15.0. The molecule has 0 saturated carbocycles. The van der Waals surface area contributed by atoms with Gasteiger partial charge in [0.05, 0.1) is 6.10 Å². The summed E-state index contributed by atoms with van der Waals surface area (Å²) in [4.78, 5) is 1.75. The van der Waals surface area contributed by atoms with Crippen LogP contribution in [0.25, 0.3) is 0 Å². The monoisotopic (exact) mass is 297 g/mol. The Hall–Kier alpha value is -1.49. The lowest BCUT2D eigenvalue weighted by Crippen LogP contribution is -2.24. The Morgan fingerprint density at radius 3 is 2.30 bits per heavy atom. The van der Waals surface area contributed by atoms with Gasteiger partial charge in [-0.15, -0.1) is 0 Å². The number of hydrogen-bond acceptors (Lipinski definition) is 4. The fourth-order valence-corrected chi connectivity index (χ4v) is 1.43. The highest BCUT2D eigenvalue weighted by molar-refractivity contribution is 7.80. The van der Waals surface area contributed by atoms with E-state index in [0.29, 0.717) is 18.4 Å². The molecule has 1 rings (SSSR count). The van der Waals surface area contributed by atoms with Crippen LogP contribution < -0.4 is 9.47 Å². The van der Waals surface area contributed by atoms with Gasteiger partial charge in [-0.05, 0) is 49.8 Å². The second-order valence-corrected chi connectivity index (χ2v) is 5.01. The van der Waals surface area contributed by atoms with E-state index < -0.39 is 0 Å². The van der Waals surface area contributed by atoms with Crippen LogP contribution in [0.1, 0.15) is 20.3 Å². The molecule has 4 nitrogen and oxygen atoms in total. The van der Waals surface area contributed by atoms with Crippen molar-refractivity contribution in [1.29, 1.82) is 0 Å². The molecule has 0 saturated heterocycles. The molecular formula is C15H23NO3S. The van der Waals surface area contributed by atoms with E-state index in [1.807, 2.05) is 38.4 Å². The number of hydrogen-bond donors (Lipinski definition) is 0. The Labute approximate surface area is 126 Å². The van der Waals surface area contributed by atoms with E-state index >= 15 is 0 Å². The lowest BCUT2D eigenvalue weighted by atomic mass is 10.3. The van der Waals surface area contributed by atoms with Crippen molar-refractivity contribution in [3.8, 4) is 11.5 Å². The van der Waals surface area contributed by atoms with Crippen molar-refractivity contribution < 1.29 is 14.2 Å². The third-order valence-corrected chi connectivity index (χ3v) is 3.16. The largest absolute Gasteiger partial charge is 0.491 e. The van der Waals surface area contributed by atoms with E-state index in [2.05, 4.69) is 13.8 Å². The molecule has 0 radical (unpaired) electrons. The van der Waals surface area contributed by atoms with Crippen LogP contribution >= 0.6 is 12.2 Å². The molecule has 0 N–H and O–H groups in total. The van der Waals surface area contributed by atoms with E-state index in [-0.39, 0.29) is 6.10 Å². The highest BCUT2D eigenvalue weighted by Gasteiger charge is 2.02. The first-order valence-corrected chi connectivity index (χ1v) is 7.17. The van der Waals surface area contributed by atoms with E-state index in [1.165, 1.54) is 0 Å². The quantitative estimate of drug-likeness (QED) is 0.570. The van der Waals surface area contributed by atoms with Crippen LogP contribution in [0.3, 0.4) is 0 Å². The van der Waals surface area contributed by atoms with Crippen LogP contribution in [0, 0.1) is 0 Å². The molecular weight excluding hydrogens is 274 g/mol. The summed E-state index contributed by atoms with van der Waals surface area (Å²) in [5, 5.41) is 0.464. The van der Waals surface area contributed by atoms with E-state index in [4.69, 9.17) is 26.4 Å². The number of rotatable bonds is 7. The molecule has 0 aromatic heterocycles. The molecule has 0 amide bonds. The molecule has 0 heterocycles. The van der Waals surface area contributed by atoms with E-state index in [1.54, 1.807) is 4.90 Å². The standard InChI is InChI=1S/C15H23NO3S/c1-5-12(2)19-14-8-6-13(7-9-14)17-10-11-18-15(20)16(3)4/h6-9,12H,5,10-11H2,1-4H3. The smallest absolute Gasteiger partial charge is 0.258 e. The van der Waals surface area contributed by atoms with Gasteiger partial charge in [-0.25, -0.2) is 0 Å². The van der Waals surface area contributed by atoms with Gasteiger partial charge in [0.1, 0.15) is 24.7 Å². The van der Waals surface area contributed by atoms with Gasteiger partial charge in [0.2, 0.25) is 0 Å². The molecule has 5 heteroatoms. The summed E-state index contributed by atoms with van der Waals surface area (Å²) < 4.78 is 16.6. The molecule has 20 heavy (non-hydrogen) atoms. The highest BCUT2D eigenvalue weighted by atomic mass is 32.1. The summed E-state index contributed by atoms with van der Waals surface area (Å²) in [5.41, 5.74) is 0. The number of ether oxygens (including phenoxy) is 3. The summed E-state index contributed by atoms with van der Waals surface area (Å²) in [6.45, 7) is 5.04. The number of benzene rings is 1. The van der Waals surface area contributed by atoms with Crippen molar-refractivity contribution in [2.75, 3.05) is 27.3 Å². The van der Waals surface area contributed by atoms with Crippen molar-refractivity contribution in [2.24, 2.45) is 0 Å². The van der Waals surface area contributed by atoms with Gasteiger partial charge in [-0.2, -0.15) is 0 Å². The Balaban J connectivity index is 2.29. The number of nitrogens with zero attached hydrogens (tertiary/aromatic N) is 1. The molecule has 0 aliphatic heterocycles. The zero-order valence-corrected chi connectivity index (χ0v) is 13.4. The molecule has 0 aliphatic carbocycles. The van der Waals surface area contributed by atoms with Crippen LogP contribution in [0.15, 0.2) is 24.3 Å². The second-order valence-electron chi connectivity index (χ2n) is 4.67. The minimum atomic E-state index is 0.224. The molecule has 112 valence electrons. The lowest BCUT2D eigenvalue weighted by Gasteiger charge is -2.15. The highest BCUT2D eigenvalue weighted by Crippen LogP contribution is 2.19. The van der Waals surface area contributed by atoms with Crippen LogP contribution in [0.5, 0.6) is 11.5 Å². The maximum absolute atomic E-state index is 5.70. The molecule has 1 aromatic rings. The van der Waals surface area contributed by atoms with Gasteiger partial charge in [0, 0.05) is 14.1 Å². The van der Waals surface area contributed by atoms with Gasteiger partial charge in [0.25, 0.3) is 5.17 Å². The Morgan fingerprint density at radius 2 is 1.75 bits per heavy atom. The van der Waals surface area contributed by atoms with Crippen LogP contribution in [0.2, 0.25) is 0 Å². The lowest BCUT2D eigenvalue weighted by molar-refractivity contribution is 0.194. The third-order valence-electron chi connectivity index (χ3n) is 2.68. The zero-order valence-electron chi connectivity index (χ0n) is 12.6. The predicted octanol–water partition coefficient (Wildman–Crippen LogP) is 3.11. The first kappa shape index (κ1) is 16.6. The van der Waals surface area contributed by atoms with Crippen molar-refractivity contribution in [3.05, 3.63) is 24.3 Å². The Kier molecular flexibility index (Phi) is 7.15. The van der Waals surface area contributed by atoms with Gasteiger partial charge in [-0.1, -0.05) is 6.92 Å². The topological polar surface area (TPSA) is 30.9 Å². The molecule has 0 spiro atoms. The predicted molar refractivity (Wildman–Crippen MR) is 84.6 cm³/mol. The Bertz CT molecular complexity index is 406. The van der Waals surface area contributed by atoms with Crippen LogP contribution in [0.4, 0.5) is 0 Å². The molecule has 0 aliphatic rings. The first-order chi connectivity index (χ1) is 9.52. The second kappa shape index (κ2) is 8.64. The summed E-state index contributed by atoms with van der Waals surface area (Å²) in [7, 11) is 3.69. The van der Waals surface area contributed by atoms with Gasteiger partial charge >= 0.3 is 0 Å².